The van der Waals surface area contributed by atoms with Crippen LogP contribution in [0.15, 0.2) is 46.9 Å². The molecular weight excluding hydrogens is 314 g/mol. The third-order valence-corrected chi connectivity index (χ3v) is 3.45. The Morgan fingerprint density at radius 1 is 1.11 bits per heavy atom. The van der Waals surface area contributed by atoms with E-state index in [0.29, 0.717) is 18.2 Å². The topological polar surface area (TPSA) is 35.2 Å². The fraction of sp³-hybridized carbons (Fsp3) is 0.143. The summed E-state index contributed by atoms with van der Waals surface area (Å²) in [6.07, 6.45) is 0. The van der Waals surface area contributed by atoms with E-state index in [1.54, 1.807) is 0 Å². The fourth-order valence-electron chi connectivity index (χ4n) is 1.62. The second-order valence-electron chi connectivity index (χ2n) is 3.84. The minimum Gasteiger partial charge on any atom is -0.489 e. The second-order valence-corrected chi connectivity index (χ2v) is 5.16. The first kappa shape index (κ1) is 13.4. The summed E-state index contributed by atoms with van der Waals surface area (Å²) in [6.45, 7) is 0.881. The molecular formula is C14H13BrClNO. The van der Waals surface area contributed by atoms with Crippen molar-refractivity contribution < 1.29 is 4.74 Å². The lowest BCUT2D eigenvalue weighted by molar-refractivity contribution is 0.303. The SMILES string of the molecule is NCc1cc(Br)ccc1OCc1ccccc1Cl. The van der Waals surface area contributed by atoms with Gasteiger partial charge in [-0.25, -0.2) is 0 Å². The smallest absolute Gasteiger partial charge is 0.124 e. The molecule has 0 unspecified atom stereocenters. The Kier molecular flexibility index (Phi) is 4.64. The Morgan fingerprint density at radius 3 is 2.61 bits per heavy atom. The molecule has 0 saturated carbocycles. The summed E-state index contributed by atoms with van der Waals surface area (Å²) in [5.41, 5.74) is 7.62. The van der Waals surface area contributed by atoms with Crippen molar-refractivity contribution in [1.82, 2.24) is 0 Å². The van der Waals surface area contributed by atoms with Crippen LogP contribution in [0.3, 0.4) is 0 Å². The average molecular weight is 327 g/mol. The summed E-state index contributed by atoms with van der Waals surface area (Å²) in [5, 5.41) is 0.712. The molecule has 2 aromatic carbocycles. The molecule has 0 spiro atoms. The zero-order valence-electron chi connectivity index (χ0n) is 9.70. The van der Waals surface area contributed by atoms with Crippen LogP contribution in [-0.4, -0.2) is 0 Å². The largest absolute Gasteiger partial charge is 0.489 e. The Balaban J connectivity index is 2.13. The monoisotopic (exact) mass is 325 g/mol. The van der Waals surface area contributed by atoms with Gasteiger partial charge in [0.1, 0.15) is 12.4 Å². The standard InChI is InChI=1S/C14H13BrClNO/c15-12-5-6-14(11(7-12)8-17)18-9-10-3-1-2-4-13(10)16/h1-7H,8-9,17H2. The van der Waals surface area contributed by atoms with E-state index < -0.39 is 0 Å². The van der Waals surface area contributed by atoms with Gasteiger partial charge in [0.2, 0.25) is 0 Å². The molecule has 0 bridgehead atoms. The van der Waals surface area contributed by atoms with Crippen molar-refractivity contribution in [2.75, 3.05) is 0 Å². The summed E-state index contributed by atoms with van der Waals surface area (Å²) >= 11 is 9.49. The normalized spacial score (nSPS) is 10.4. The van der Waals surface area contributed by atoms with Gasteiger partial charge in [-0.1, -0.05) is 45.7 Å². The highest BCUT2D eigenvalue weighted by Gasteiger charge is 2.05. The number of ether oxygens (including phenoxy) is 1. The van der Waals surface area contributed by atoms with Gasteiger partial charge in [0.25, 0.3) is 0 Å². The highest BCUT2D eigenvalue weighted by atomic mass is 79.9. The molecule has 0 aromatic heterocycles. The molecule has 0 aliphatic heterocycles. The Morgan fingerprint density at radius 2 is 1.89 bits per heavy atom. The lowest BCUT2D eigenvalue weighted by Gasteiger charge is -2.11. The summed E-state index contributed by atoms with van der Waals surface area (Å²) in [7, 11) is 0. The van der Waals surface area contributed by atoms with E-state index in [1.165, 1.54) is 0 Å². The number of hydrogen-bond donors (Lipinski definition) is 1. The molecule has 0 heterocycles. The lowest BCUT2D eigenvalue weighted by Crippen LogP contribution is -2.03. The molecule has 0 radical (unpaired) electrons. The van der Waals surface area contributed by atoms with Gasteiger partial charge in [-0.2, -0.15) is 0 Å². The summed E-state index contributed by atoms with van der Waals surface area (Å²) in [6, 6.07) is 13.4. The van der Waals surface area contributed by atoms with Crippen LogP contribution in [0.2, 0.25) is 5.02 Å². The highest BCUT2D eigenvalue weighted by Crippen LogP contribution is 2.24. The van der Waals surface area contributed by atoms with Gasteiger partial charge >= 0.3 is 0 Å². The van der Waals surface area contributed by atoms with Crippen molar-refractivity contribution in [2.24, 2.45) is 5.73 Å². The number of halogens is 2. The van der Waals surface area contributed by atoms with E-state index in [4.69, 9.17) is 22.1 Å². The molecule has 0 atom stereocenters. The summed E-state index contributed by atoms with van der Waals surface area (Å²) < 4.78 is 6.76. The third kappa shape index (κ3) is 3.25. The van der Waals surface area contributed by atoms with Crippen LogP contribution >= 0.6 is 27.5 Å². The van der Waals surface area contributed by atoms with Gasteiger partial charge in [0.05, 0.1) is 0 Å². The Bertz CT molecular complexity index is 545. The quantitative estimate of drug-likeness (QED) is 0.916. The minimum absolute atomic E-state index is 0.439. The van der Waals surface area contributed by atoms with Gasteiger partial charge in [-0.15, -0.1) is 0 Å². The van der Waals surface area contributed by atoms with Gasteiger partial charge in [-0.3, -0.25) is 0 Å². The van der Waals surface area contributed by atoms with Gasteiger partial charge < -0.3 is 10.5 Å². The third-order valence-electron chi connectivity index (χ3n) is 2.58. The van der Waals surface area contributed by atoms with Gasteiger partial charge in [0.15, 0.2) is 0 Å². The fourth-order valence-corrected chi connectivity index (χ4v) is 2.22. The summed E-state index contributed by atoms with van der Waals surface area (Å²) in [4.78, 5) is 0. The minimum atomic E-state index is 0.439. The maximum atomic E-state index is 6.08. The average Bonchev–Trinajstić information content (AvgIpc) is 2.39. The van der Waals surface area contributed by atoms with Crippen molar-refractivity contribution in [3.63, 3.8) is 0 Å². The Hall–Kier alpha value is -1.03. The second kappa shape index (κ2) is 6.23. The van der Waals surface area contributed by atoms with Crippen LogP contribution in [0, 0.1) is 0 Å². The van der Waals surface area contributed by atoms with Gasteiger partial charge in [0, 0.05) is 27.2 Å². The van der Waals surface area contributed by atoms with Crippen molar-refractivity contribution in [1.29, 1.82) is 0 Å². The molecule has 4 heteroatoms. The van der Waals surface area contributed by atoms with E-state index in [2.05, 4.69) is 15.9 Å². The number of benzene rings is 2. The van der Waals surface area contributed by atoms with Crippen molar-refractivity contribution in [3.8, 4) is 5.75 Å². The van der Waals surface area contributed by atoms with Crippen LogP contribution in [0.4, 0.5) is 0 Å². The molecule has 2 rings (SSSR count). The van der Waals surface area contributed by atoms with Crippen LogP contribution in [0.1, 0.15) is 11.1 Å². The molecule has 94 valence electrons. The predicted octanol–water partition coefficient (Wildman–Crippen LogP) is 4.14. The van der Waals surface area contributed by atoms with Crippen LogP contribution in [0.25, 0.3) is 0 Å². The number of nitrogens with two attached hydrogens (primary N) is 1. The summed E-state index contributed by atoms with van der Waals surface area (Å²) in [5.74, 6) is 0.792. The lowest BCUT2D eigenvalue weighted by atomic mass is 10.2. The zero-order chi connectivity index (χ0) is 13.0. The van der Waals surface area contributed by atoms with Gasteiger partial charge in [-0.05, 0) is 24.3 Å². The molecule has 2 N–H and O–H groups in total. The number of rotatable bonds is 4. The van der Waals surface area contributed by atoms with Crippen molar-refractivity contribution in [2.45, 2.75) is 13.2 Å². The molecule has 0 fully saturated rings. The number of hydrogen-bond acceptors (Lipinski definition) is 2. The zero-order valence-corrected chi connectivity index (χ0v) is 12.0. The molecule has 2 aromatic rings. The molecule has 18 heavy (non-hydrogen) atoms. The highest BCUT2D eigenvalue weighted by molar-refractivity contribution is 9.10. The van der Waals surface area contributed by atoms with Crippen LogP contribution in [0.5, 0.6) is 5.75 Å². The van der Waals surface area contributed by atoms with E-state index in [0.717, 1.165) is 21.3 Å². The molecule has 0 aliphatic rings. The van der Waals surface area contributed by atoms with E-state index in [-0.39, 0.29) is 0 Å². The molecule has 0 saturated heterocycles. The maximum absolute atomic E-state index is 6.08. The van der Waals surface area contributed by atoms with Crippen LogP contribution in [-0.2, 0) is 13.2 Å². The van der Waals surface area contributed by atoms with Crippen molar-refractivity contribution >= 4 is 27.5 Å². The first-order valence-electron chi connectivity index (χ1n) is 5.55. The first-order chi connectivity index (χ1) is 8.70. The predicted molar refractivity (Wildman–Crippen MR) is 77.8 cm³/mol. The van der Waals surface area contributed by atoms with Crippen LogP contribution < -0.4 is 10.5 Å². The van der Waals surface area contributed by atoms with E-state index in [9.17, 15) is 0 Å². The van der Waals surface area contributed by atoms with E-state index in [1.807, 2.05) is 42.5 Å². The Labute approximate surface area is 120 Å². The first-order valence-corrected chi connectivity index (χ1v) is 6.72. The molecule has 2 nitrogen and oxygen atoms in total. The maximum Gasteiger partial charge on any atom is 0.124 e. The molecule has 0 aliphatic carbocycles. The van der Waals surface area contributed by atoms with Crippen molar-refractivity contribution in [3.05, 3.63) is 63.1 Å². The molecule has 0 amide bonds. The van der Waals surface area contributed by atoms with E-state index >= 15 is 0 Å².